The Kier molecular flexibility index (Phi) is 3.77. The first kappa shape index (κ1) is 11.9. The van der Waals surface area contributed by atoms with Crippen LogP contribution in [0.4, 0.5) is 11.4 Å². The van der Waals surface area contributed by atoms with Crippen molar-refractivity contribution in [2.75, 3.05) is 11.9 Å². The van der Waals surface area contributed by atoms with Crippen LogP contribution in [0.5, 0.6) is 5.88 Å². The van der Waals surface area contributed by atoms with Crippen molar-refractivity contribution in [2.24, 2.45) is 0 Å². The highest BCUT2D eigenvalue weighted by atomic mass is 16.5. The van der Waals surface area contributed by atoms with Gasteiger partial charge in [-0.15, -0.1) is 0 Å². The first-order valence-corrected chi connectivity index (χ1v) is 5.68. The minimum Gasteiger partial charge on any atom is -0.478 e. The van der Waals surface area contributed by atoms with Crippen LogP contribution in [0.1, 0.15) is 12.5 Å². The third-order valence-electron chi connectivity index (χ3n) is 2.33. The van der Waals surface area contributed by atoms with Gasteiger partial charge in [-0.3, -0.25) is 0 Å². The SMILES string of the molecule is CCOc1ccc(Nc2ccc(C#N)cc2)cn1. The van der Waals surface area contributed by atoms with Crippen LogP contribution in [0.2, 0.25) is 0 Å². The molecule has 0 atom stereocenters. The molecule has 0 spiro atoms. The Morgan fingerprint density at radius 2 is 1.89 bits per heavy atom. The van der Waals surface area contributed by atoms with Crippen molar-refractivity contribution in [3.63, 3.8) is 0 Å². The van der Waals surface area contributed by atoms with Crippen LogP contribution < -0.4 is 10.1 Å². The van der Waals surface area contributed by atoms with Crippen molar-refractivity contribution in [3.8, 4) is 11.9 Å². The van der Waals surface area contributed by atoms with Gasteiger partial charge in [0.2, 0.25) is 5.88 Å². The highest BCUT2D eigenvalue weighted by molar-refractivity contribution is 5.59. The van der Waals surface area contributed by atoms with Gasteiger partial charge in [-0.25, -0.2) is 4.98 Å². The first-order chi connectivity index (χ1) is 8.81. The Balaban J connectivity index is 2.06. The standard InChI is InChI=1S/C14H13N3O/c1-2-18-14-8-7-13(10-16-14)17-12-5-3-11(9-15)4-6-12/h3-8,10,17H,2H2,1H3. The smallest absolute Gasteiger partial charge is 0.213 e. The molecule has 0 saturated carbocycles. The minimum absolute atomic E-state index is 0.607. The fourth-order valence-corrected chi connectivity index (χ4v) is 1.48. The van der Waals surface area contributed by atoms with E-state index < -0.39 is 0 Å². The first-order valence-electron chi connectivity index (χ1n) is 5.68. The lowest BCUT2D eigenvalue weighted by Gasteiger charge is -2.07. The number of nitriles is 1. The van der Waals surface area contributed by atoms with Gasteiger partial charge in [0.25, 0.3) is 0 Å². The number of rotatable bonds is 4. The van der Waals surface area contributed by atoms with Crippen LogP contribution in [0.3, 0.4) is 0 Å². The average Bonchev–Trinajstić information content (AvgIpc) is 2.42. The number of hydrogen-bond donors (Lipinski definition) is 1. The van der Waals surface area contributed by atoms with E-state index in [0.717, 1.165) is 11.4 Å². The summed E-state index contributed by atoms with van der Waals surface area (Å²) >= 11 is 0. The molecule has 1 N–H and O–H groups in total. The van der Waals surface area contributed by atoms with Gasteiger partial charge < -0.3 is 10.1 Å². The Labute approximate surface area is 106 Å². The molecule has 0 bridgehead atoms. The number of benzene rings is 1. The second-order valence-electron chi connectivity index (χ2n) is 3.63. The molecule has 0 fully saturated rings. The molecule has 18 heavy (non-hydrogen) atoms. The number of pyridine rings is 1. The van der Waals surface area contributed by atoms with Crippen LogP contribution in [-0.2, 0) is 0 Å². The van der Waals surface area contributed by atoms with Crippen molar-refractivity contribution in [1.29, 1.82) is 5.26 Å². The van der Waals surface area contributed by atoms with Crippen LogP contribution in [0, 0.1) is 11.3 Å². The Hall–Kier alpha value is -2.54. The maximum absolute atomic E-state index is 8.70. The molecular formula is C14H13N3O. The van der Waals surface area contributed by atoms with Crippen LogP contribution in [0.25, 0.3) is 0 Å². The number of ether oxygens (including phenoxy) is 1. The van der Waals surface area contributed by atoms with Crippen molar-refractivity contribution >= 4 is 11.4 Å². The number of nitrogens with zero attached hydrogens (tertiary/aromatic N) is 2. The highest BCUT2D eigenvalue weighted by Gasteiger charge is 1.97. The van der Waals surface area contributed by atoms with Gasteiger partial charge in [0.15, 0.2) is 0 Å². The van der Waals surface area contributed by atoms with E-state index in [9.17, 15) is 0 Å². The number of nitrogens with one attached hydrogen (secondary N) is 1. The highest BCUT2D eigenvalue weighted by Crippen LogP contribution is 2.18. The summed E-state index contributed by atoms with van der Waals surface area (Å²) in [4.78, 5) is 4.16. The van der Waals surface area contributed by atoms with Crippen molar-refractivity contribution < 1.29 is 4.74 Å². The molecule has 4 heteroatoms. The summed E-state index contributed by atoms with van der Waals surface area (Å²) in [7, 11) is 0. The van der Waals surface area contributed by atoms with Gasteiger partial charge in [-0.1, -0.05) is 0 Å². The van der Waals surface area contributed by atoms with E-state index in [0.29, 0.717) is 18.1 Å². The molecule has 0 saturated heterocycles. The lowest BCUT2D eigenvalue weighted by Crippen LogP contribution is -1.95. The predicted octanol–water partition coefficient (Wildman–Crippen LogP) is 3.10. The van der Waals surface area contributed by atoms with Crippen LogP contribution >= 0.6 is 0 Å². The topological polar surface area (TPSA) is 57.9 Å². The van der Waals surface area contributed by atoms with Crippen LogP contribution in [-0.4, -0.2) is 11.6 Å². The molecular weight excluding hydrogens is 226 g/mol. The van der Waals surface area contributed by atoms with Crippen molar-refractivity contribution in [2.45, 2.75) is 6.92 Å². The average molecular weight is 239 g/mol. The molecule has 1 heterocycles. The predicted molar refractivity (Wildman–Crippen MR) is 69.8 cm³/mol. The molecule has 1 aromatic carbocycles. The van der Waals surface area contributed by atoms with E-state index in [1.54, 1.807) is 18.3 Å². The summed E-state index contributed by atoms with van der Waals surface area (Å²) < 4.78 is 5.27. The van der Waals surface area contributed by atoms with Gasteiger partial charge in [0.1, 0.15) is 0 Å². The summed E-state index contributed by atoms with van der Waals surface area (Å²) in [6.45, 7) is 2.53. The summed E-state index contributed by atoms with van der Waals surface area (Å²) in [5.41, 5.74) is 2.44. The molecule has 0 amide bonds. The van der Waals surface area contributed by atoms with Crippen molar-refractivity contribution in [3.05, 3.63) is 48.2 Å². The fourth-order valence-electron chi connectivity index (χ4n) is 1.48. The minimum atomic E-state index is 0.607. The Bertz CT molecular complexity index is 541. The van der Waals surface area contributed by atoms with Gasteiger partial charge in [0, 0.05) is 11.8 Å². The summed E-state index contributed by atoms with van der Waals surface area (Å²) in [5, 5.41) is 11.9. The van der Waals surface area contributed by atoms with E-state index in [1.807, 2.05) is 31.2 Å². The third-order valence-corrected chi connectivity index (χ3v) is 2.33. The molecule has 4 nitrogen and oxygen atoms in total. The Morgan fingerprint density at radius 1 is 1.17 bits per heavy atom. The van der Waals surface area contributed by atoms with E-state index in [1.165, 1.54) is 0 Å². The second-order valence-corrected chi connectivity index (χ2v) is 3.63. The monoisotopic (exact) mass is 239 g/mol. The molecule has 0 aliphatic rings. The van der Waals surface area contributed by atoms with E-state index in [2.05, 4.69) is 16.4 Å². The van der Waals surface area contributed by atoms with Crippen molar-refractivity contribution in [1.82, 2.24) is 4.98 Å². The van der Waals surface area contributed by atoms with Gasteiger partial charge in [-0.05, 0) is 37.3 Å². The zero-order valence-corrected chi connectivity index (χ0v) is 10.1. The lowest BCUT2D eigenvalue weighted by atomic mass is 10.2. The molecule has 0 aliphatic heterocycles. The molecule has 0 radical (unpaired) electrons. The van der Waals surface area contributed by atoms with Gasteiger partial charge >= 0.3 is 0 Å². The van der Waals surface area contributed by atoms with E-state index in [4.69, 9.17) is 10.00 Å². The molecule has 2 rings (SSSR count). The fraction of sp³-hybridized carbons (Fsp3) is 0.143. The number of anilines is 2. The summed E-state index contributed by atoms with van der Waals surface area (Å²) in [5.74, 6) is 0.614. The quantitative estimate of drug-likeness (QED) is 0.890. The van der Waals surface area contributed by atoms with E-state index in [-0.39, 0.29) is 0 Å². The second kappa shape index (κ2) is 5.69. The molecule has 90 valence electrons. The maximum Gasteiger partial charge on any atom is 0.213 e. The molecule has 0 unspecified atom stereocenters. The maximum atomic E-state index is 8.70. The zero-order chi connectivity index (χ0) is 12.8. The molecule has 0 aliphatic carbocycles. The number of aromatic nitrogens is 1. The lowest BCUT2D eigenvalue weighted by molar-refractivity contribution is 0.327. The van der Waals surface area contributed by atoms with Gasteiger partial charge in [0.05, 0.1) is 30.1 Å². The zero-order valence-electron chi connectivity index (χ0n) is 10.1. The summed E-state index contributed by atoms with van der Waals surface area (Å²) in [6.07, 6.45) is 1.71. The normalized spacial score (nSPS) is 9.56. The molecule has 1 aromatic heterocycles. The van der Waals surface area contributed by atoms with Gasteiger partial charge in [-0.2, -0.15) is 5.26 Å². The largest absolute Gasteiger partial charge is 0.478 e. The Morgan fingerprint density at radius 3 is 2.44 bits per heavy atom. The number of hydrogen-bond acceptors (Lipinski definition) is 4. The van der Waals surface area contributed by atoms with E-state index >= 15 is 0 Å². The van der Waals surface area contributed by atoms with Crippen LogP contribution in [0.15, 0.2) is 42.6 Å². The molecule has 2 aromatic rings. The summed E-state index contributed by atoms with van der Waals surface area (Å²) in [6, 6.07) is 13.0. The third kappa shape index (κ3) is 2.98.